The van der Waals surface area contributed by atoms with Gasteiger partial charge in [-0.25, -0.2) is 4.79 Å². The normalized spacial score (nSPS) is 21.7. The summed E-state index contributed by atoms with van der Waals surface area (Å²) in [4.78, 5) is 38.5. The molecule has 8 N–H and O–H groups in total. The molecule has 0 aromatic heterocycles. The maximum atomic E-state index is 13.4. The number of ether oxygens (including phenoxy) is 3. The van der Waals surface area contributed by atoms with E-state index >= 15 is 0 Å². The van der Waals surface area contributed by atoms with Gasteiger partial charge in [0.2, 0.25) is 0 Å². The number of anilines is 2. The van der Waals surface area contributed by atoms with Crippen LogP contribution in [0.1, 0.15) is 68.9 Å². The number of primary amides is 1. The third-order valence-electron chi connectivity index (χ3n) is 8.71. The fraction of sp³-hybridized carbons (Fsp3) is 0.410. The van der Waals surface area contributed by atoms with E-state index in [0.717, 1.165) is 24.6 Å². The van der Waals surface area contributed by atoms with Crippen molar-refractivity contribution in [3.63, 3.8) is 0 Å². The number of aliphatic hydroxyl groups excluding tert-OH is 1. The number of benzene rings is 2. The highest BCUT2D eigenvalue weighted by atomic mass is 16.6. The molecule has 1 heterocycles. The zero-order valence-electron chi connectivity index (χ0n) is 30.9. The van der Waals surface area contributed by atoms with Gasteiger partial charge in [-0.1, -0.05) is 55.9 Å². The Kier molecular flexibility index (Phi) is 15.6. The number of hydrogen-bond acceptors (Lipinski definition) is 10. The lowest BCUT2D eigenvalue weighted by atomic mass is 9.91. The fourth-order valence-corrected chi connectivity index (χ4v) is 5.78. The number of allylic oxidation sites excluding steroid dienone is 2. The van der Waals surface area contributed by atoms with Crippen molar-refractivity contribution in [1.29, 1.82) is 0 Å². The quantitative estimate of drug-likeness (QED) is 0.0747. The van der Waals surface area contributed by atoms with Crippen molar-refractivity contribution in [2.45, 2.75) is 78.4 Å². The van der Waals surface area contributed by atoms with E-state index in [-0.39, 0.29) is 28.9 Å². The summed E-state index contributed by atoms with van der Waals surface area (Å²) >= 11 is 0. The molecule has 0 spiro atoms. The second-order valence-electron chi connectivity index (χ2n) is 12.9. The second-order valence-corrected chi connectivity index (χ2v) is 12.9. The van der Waals surface area contributed by atoms with E-state index in [1.165, 1.54) is 20.3 Å². The lowest BCUT2D eigenvalue weighted by Crippen LogP contribution is -2.36. The van der Waals surface area contributed by atoms with Gasteiger partial charge in [-0.2, -0.15) is 0 Å². The van der Waals surface area contributed by atoms with Gasteiger partial charge in [0.05, 0.1) is 23.6 Å². The van der Waals surface area contributed by atoms with E-state index < -0.39 is 59.7 Å². The molecule has 2 aromatic rings. The molecule has 282 valence electrons. The summed E-state index contributed by atoms with van der Waals surface area (Å²) < 4.78 is 16.7. The SMILES string of the molecule is CCCNCc1ccc(C(=O)Nc2c(O)cc3c(O)c2C=C(C)C[C@H](OC)[C@H](O)[C@@H](C)C=C(C)[C@H](OC(N)=O)[C@@H](OC)C=CC=C(C)C(=O)N3)cc1. The Labute approximate surface area is 305 Å². The van der Waals surface area contributed by atoms with E-state index in [9.17, 15) is 29.7 Å². The van der Waals surface area contributed by atoms with Gasteiger partial charge in [0.1, 0.15) is 17.6 Å². The van der Waals surface area contributed by atoms with E-state index in [0.29, 0.717) is 23.3 Å². The molecule has 13 heteroatoms. The number of aromatic hydroxyl groups is 2. The van der Waals surface area contributed by atoms with Crippen molar-refractivity contribution in [3.05, 3.63) is 88.0 Å². The van der Waals surface area contributed by atoms with Crippen LogP contribution in [0, 0.1) is 5.92 Å². The van der Waals surface area contributed by atoms with Gasteiger partial charge < -0.3 is 51.2 Å². The second kappa shape index (κ2) is 19.6. The van der Waals surface area contributed by atoms with E-state index in [1.54, 1.807) is 64.1 Å². The monoisotopic (exact) mass is 720 g/mol. The molecule has 2 aromatic carbocycles. The molecule has 0 saturated carbocycles. The van der Waals surface area contributed by atoms with Crippen molar-refractivity contribution in [2.24, 2.45) is 11.7 Å². The van der Waals surface area contributed by atoms with Gasteiger partial charge in [-0.05, 0) is 69.5 Å². The molecule has 0 fully saturated rings. The van der Waals surface area contributed by atoms with E-state index in [1.807, 2.05) is 12.1 Å². The van der Waals surface area contributed by atoms with Gasteiger partial charge >= 0.3 is 6.09 Å². The first-order valence-corrected chi connectivity index (χ1v) is 17.1. The number of hydrogen-bond donors (Lipinski definition) is 7. The first-order valence-electron chi connectivity index (χ1n) is 17.1. The molecule has 0 saturated heterocycles. The molecular formula is C39H52N4O9. The Hall–Kier alpha value is -4.95. The van der Waals surface area contributed by atoms with Crippen LogP contribution in [-0.4, -0.2) is 78.4 Å². The predicted octanol–water partition coefficient (Wildman–Crippen LogP) is 5.53. The Balaban J connectivity index is 2.12. The van der Waals surface area contributed by atoms with Crippen LogP contribution in [0.4, 0.5) is 16.2 Å². The van der Waals surface area contributed by atoms with Crippen LogP contribution in [0.25, 0.3) is 6.08 Å². The summed E-state index contributed by atoms with van der Waals surface area (Å²) in [5.41, 5.74) is 7.92. The highest BCUT2D eigenvalue weighted by molar-refractivity contribution is 6.09. The summed E-state index contributed by atoms with van der Waals surface area (Å²) in [6, 6.07) is 8.15. The molecular weight excluding hydrogens is 668 g/mol. The molecule has 2 bridgehead atoms. The lowest BCUT2D eigenvalue weighted by molar-refractivity contribution is -0.112. The topological polar surface area (TPSA) is 202 Å². The first kappa shape index (κ1) is 41.5. The smallest absolute Gasteiger partial charge is 0.405 e. The van der Waals surface area contributed by atoms with Gasteiger partial charge in [0.25, 0.3) is 11.8 Å². The third-order valence-corrected chi connectivity index (χ3v) is 8.71. The van der Waals surface area contributed by atoms with Crippen molar-refractivity contribution < 1.29 is 43.9 Å². The largest absolute Gasteiger partial charge is 0.506 e. The highest BCUT2D eigenvalue weighted by Crippen LogP contribution is 2.42. The van der Waals surface area contributed by atoms with Gasteiger partial charge in [-0.15, -0.1) is 0 Å². The standard InChI is InChI=1S/C39H52N4O9/c1-8-16-41-21-26-12-14-27(15-13-26)38(48)43-33-28-17-22(2)18-32(51-7)34(45)24(4)19-25(5)36(52-39(40)49)31(50-6)11-9-10-23(3)37(47)42-29(35(28)46)20-30(33)44/h9-15,17,19-20,24,31-32,34,36,41,44-46H,8,16,18,21H2,1-7H3,(H2,40,49)(H,42,47)(H,43,48)/t24-,31-,32-,34+,36-/m0/s1. The van der Waals surface area contributed by atoms with Gasteiger partial charge in [0.15, 0.2) is 6.10 Å². The highest BCUT2D eigenvalue weighted by Gasteiger charge is 2.29. The molecule has 0 unspecified atom stereocenters. The van der Waals surface area contributed by atoms with Crippen molar-refractivity contribution >= 4 is 35.4 Å². The Morgan fingerprint density at radius 3 is 2.38 bits per heavy atom. The number of fused-ring (bicyclic) bond motifs is 2. The van der Waals surface area contributed by atoms with Crippen LogP contribution < -0.4 is 21.7 Å². The van der Waals surface area contributed by atoms with Gasteiger partial charge in [-0.3, -0.25) is 9.59 Å². The van der Waals surface area contributed by atoms with Crippen molar-refractivity contribution in [2.75, 3.05) is 31.4 Å². The molecule has 1 aliphatic rings. The van der Waals surface area contributed by atoms with Crippen LogP contribution >= 0.6 is 0 Å². The number of amides is 3. The summed E-state index contributed by atoms with van der Waals surface area (Å²) in [6.45, 7) is 10.4. The molecule has 5 atom stereocenters. The fourth-order valence-electron chi connectivity index (χ4n) is 5.78. The maximum Gasteiger partial charge on any atom is 0.405 e. The minimum Gasteiger partial charge on any atom is -0.506 e. The number of carbonyl (C=O) groups excluding carboxylic acids is 3. The summed E-state index contributed by atoms with van der Waals surface area (Å²) in [5, 5.41) is 42.8. The summed E-state index contributed by atoms with van der Waals surface area (Å²) in [5.74, 6) is -2.45. The van der Waals surface area contributed by atoms with Crippen molar-refractivity contribution in [3.8, 4) is 11.5 Å². The average Bonchev–Trinajstić information content (AvgIpc) is 3.11. The minimum absolute atomic E-state index is 0.0310. The summed E-state index contributed by atoms with van der Waals surface area (Å²) in [7, 11) is 2.88. The van der Waals surface area contributed by atoms with E-state index in [4.69, 9.17) is 19.9 Å². The number of nitrogens with two attached hydrogens (primary N) is 1. The summed E-state index contributed by atoms with van der Waals surface area (Å²) in [6.07, 6.45) is 4.50. The molecule has 52 heavy (non-hydrogen) atoms. The first-order chi connectivity index (χ1) is 24.7. The maximum absolute atomic E-state index is 13.4. The number of phenolic OH excluding ortho intramolecular Hbond substituents is 2. The molecule has 13 nitrogen and oxygen atoms in total. The molecule has 3 rings (SSSR count). The number of carbonyl (C=O) groups is 3. The number of aliphatic hydroxyl groups is 1. The Bertz CT molecular complexity index is 1700. The molecule has 1 aliphatic heterocycles. The Morgan fingerprint density at radius 1 is 1.08 bits per heavy atom. The molecule has 0 aliphatic carbocycles. The minimum atomic E-state index is -1.05. The van der Waals surface area contributed by atoms with Crippen LogP contribution in [0.5, 0.6) is 11.5 Å². The lowest BCUT2D eigenvalue weighted by Gasteiger charge is -2.28. The Morgan fingerprint density at radius 2 is 1.77 bits per heavy atom. The number of rotatable bonds is 9. The third kappa shape index (κ3) is 11.3. The average molecular weight is 721 g/mol. The number of methoxy groups -OCH3 is 2. The molecule has 0 radical (unpaired) electrons. The van der Waals surface area contributed by atoms with Crippen LogP contribution in [0.15, 0.2) is 71.4 Å². The number of phenols is 2. The zero-order chi connectivity index (χ0) is 38.5. The van der Waals surface area contributed by atoms with Crippen LogP contribution in [-0.2, 0) is 25.5 Å². The van der Waals surface area contributed by atoms with E-state index in [2.05, 4.69) is 22.9 Å². The van der Waals surface area contributed by atoms with Gasteiger partial charge in [0, 0.05) is 49.4 Å². The van der Waals surface area contributed by atoms with Crippen LogP contribution in [0.2, 0.25) is 0 Å². The predicted molar refractivity (Wildman–Crippen MR) is 201 cm³/mol. The van der Waals surface area contributed by atoms with Crippen LogP contribution in [0.3, 0.4) is 0 Å². The van der Waals surface area contributed by atoms with Crippen molar-refractivity contribution in [1.82, 2.24) is 5.32 Å². The molecule has 3 amide bonds. The number of nitrogens with one attached hydrogen (secondary N) is 3. The zero-order valence-corrected chi connectivity index (χ0v) is 30.9.